The summed E-state index contributed by atoms with van der Waals surface area (Å²) in [7, 11) is 1.49. The van der Waals surface area contributed by atoms with E-state index in [9.17, 15) is 13.2 Å². The molecule has 0 heterocycles. The van der Waals surface area contributed by atoms with Crippen LogP contribution in [0.3, 0.4) is 0 Å². The van der Waals surface area contributed by atoms with Gasteiger partial charge in [-0.15, -0.1) is 0 Å². The Labute approximate surface area is 153 Å². The van der Waals surface area contributed by atoms with Crippen LogP contribution in [0.1, 0.15) is 32.4 Å². The van der Waals surface area contributed by atoms with Crippen molar-refractivity contribution in [1.82, 2.24) is 4.90 Å². The Morgan fingerprint density at radius 3 is 2.35 bits per heavy atom. The molecule has 0 fully saturated rings. The van der Waals surface area contributed by atoms with Gasteiger partial charge in [-0.25, -0.2) is 0 Å². The van der Waals surface area contributed by atoms with E-state index >= 15 is 0 Å². The second-order valence-electron chi connectivity index (χ2n) is 7.37. The fourth-order valence-corrected chi connectivity index (χ4v) is 2.79. The molecule has 2 aromatic carbocycles. The predicted molar refractivity (Wildman–Crippen MR) is 102 cm³/mol. The SMILES string of the molecule is CN(C/C=C/C#CC(C)(C)C)[C@H](c1cccc2ccccc12)C(F)(F)F. The van der Waals surface area contributed by atoms with Gasteiger partial charge in [0.1, 0.15) is 6.04 Å². The molecule has 0 aromatic heterocycles. The maximum Gasteiger partial charge on any atom is 0.408 e. The molecule has 2 aromatic rings. The summed E-state index contributed by atoms with van der Waals surface area (Å²) in [6.45, 7) is 6.12. The molecule has 0 N–H and O–H groups in total. The Morgan fingerprint density at radius 1 is 1.04 bits per heavy atom. The largest absolute Gasteiger partial charge is 0.408 e. The van der Waals surface area contributed by atoms with E-state index in [1.165, 1.54) is 11.9 Å². The van der Waals surface area contributed by atoms with Crippen LogP contribution in [0.2, 0.25) is 0 Å². The van der Waals surface area contributed by atoms with E-state index in [1.54, 1.807) is 36.4 Å². The molecule has 0 radical (unpaired) electrons. The van der Waals surface area contributed by atoms with Gasteiger partial charge in [-0.2, -0.15) is 13.2 Å². The van der Waals surface area contributed by atoms with Crippen molar-refractivity contribution in [1.29, 1.82) is 0 Å². The highest BCUT2D eigenvalue weighted by molar-refractivity contribution is 5.86. The molecular formula is C22H24F3N. The maximum absolute atomic E-state index is 13.8. The summed E-state index contributed by atoms with van der Waals surface area (Å²) in [5.41, 5.74) is 0.139. The third kappa shape index (κ3) is 5.37. The summed E-state index contributed by atoms with van der Waals surface area (Å²) in [5, 5.41) is 1.43. The van der Waals surface area contributed by atoms with Crippen LogP contribution in [-0.2, 0) is 0 Å². The number of nitrogens with zero attached hydrogens (tertiary/aromatic N) is 1. The van der Waals surface area contributed by atoms with Crippen LogP contribution in [-0.4, -0.2) is 24.7 Å². The summed E-state index contributed by atoms with van der Waals surface area (Å²) in [4.78, 5) is 1.30. The van der Waals surface area contributed by atoms with E-state index < -0.39 is 12.2 Å². The van der Waals surface area contributed by atoms with Gasteiger partial charge in [-0.3, -0.25) is 4.90 Å². The smallest absolute Gasteiger partial charge is 0.288 e. The van der Waals surface area contributed by atoms with Crippen LogP contribution in [0.15, 0.2) is 54.6 Å². The molecule has 0 bridgehead atoms. The van der Waals surface area contributed by atoms with Crippen molar-refractivity contribution in [2.75, 3.05) is 13.6 Å². The molecule has 26 heavy (non-hydrogen) atoms. The fraction of sp³-hybridized carbons (Fsp3) is 0.364. The number of rotatable bonds is 4. The van der Waals surface area contributed by atoms with Crippen molar-refractivity contribution >= 4 is 10.8 Å². The lowest BCUT2D eigenvalue weighted by Crippen LogP contribution is -2.36. The second-order valence-corrected chi connectivity index (χ2v) is 7.37. The Hall–Kier alpha value is -2.25. The zero-order valence-electron chi connectivity index (χ0n) is 15.6. The first-order valence-electron chi connectivity index (χ1n) is 8.52. The molecule has 0 amide bonds. The first kappa shape index (κ1) is 20.1. The molecule has 0 aliphatic carbocycles. The van der Waals surface area contributed by atoms with Crippen LogP contribution >= 0.6 is 0 Å². The van der Waals surface area contributed by atoms with Crippen LogP contribution in [0.25, 0.3) is 10.8 Å². The lowest BCUT2D eigenvalue weighted by Gasteiger charge is -2.30. The summed E-state index contributed by atoms with van der Waals surface area (Å²) in [5.74, 6) is 5.92. The molecule has 0 spiro atoms. The third-order valence-electron chi connectivity index (χ3n) is 3.91. The minimum atomic E-state index is -4.37. The summed E-state index contributed by atoms with van der Waals surface area (Å²) in [6.07, 6.45) is -1.08. The average Bonchev–Trinajstić information content (AvgIpc) is 2.52. The maximum atomic E-state index is 13.8. The number of halogens is 3. The molecule has 0 saturated carbocycles. The van der Waals surface area contributed by atoms with Crippen molar-refractivity contribution < 1.29 is 13.2 Å². The number of alkyl halides is 3. The Balaban J connectivity index is 2.30. The van der Waals surface area contributed by atoms with Gasteiger partial charge >= 0.3 is 6.18 Å². The third-order valence-corrected chi connectivity index (χ3v) is 3.91. The molecule has 2 rings (SSSR count). The van der Waals surface area contributed by atoms with Crippen LogP contribution < -0.4 is 0 Å². The summed E-state index contributed by atoms with van der Waals surface area (Å²) < 4.78 is 41.5. The number of allylic oxidation sites excluding steroid dienone is 1. The minimum absolute atomic E-state index is 0.131. The highest BCUT2D eigenvalue weighted by Gasteiger charge is 2.43. The van der Waals surface area contributed by atoms with Gasteiger partial charge in [-0.05, 0) is 50.2 Å². The van der Waals surface area contributed by atoms with Gasteiger partial charge in [-0.1, -0.05) is 60.4 Å². The lowest BCUT2D eigenvalue weighted by molar-refractivity contribution is -0.181. The quantitative estimate of drug-likeness (QED) is 0.607. The molecule has 0 aliphatic rings. The number of benzene rings is 2. The van der Waals surface area contributed by atoms with E-state index in [-0.39, 0.29) is 17.5 Å². The van der Waals surface area contributed by atoms with Gasteiger partial charge in [0.2, 0.25) is 0 Å². The number of hydrogen-bond acceptors (Lipinski definition) is 1. The van der Waals surface area contributed by atoms with Crippen LogP contribution in [0, 0.1) is 17.3 Å². The molecule has 1 atom stereocenters. The van der Waals surface area contributed by atoms with Gasteiger partial charge in [0, 0.05) is 12.0 Å². The van der Waals surface area contributed by atoms with E-state index in [0.717, 1.165) is 5.39 Å². The number of fused-ring (bicyclic) bond motifs is 1. The average molecular weight is 359 g/mol. The van der Waals surface area contributed by atoms with Gasteiger partial charge in [0.15, 0.2) is 0 Å². The summed E-state index contributed by atoms with van der Waals surface area (Å²) in [6, 6.07) is 10.5. The Kier molecular flexibility index (Phi) is 6.15. The van der Waals surface area contributed by atoms with Crippen LogP contribution in [0.5, 0.6) is 0 Å². The molecule has 4 heteroatoms. The monoisotopic (exact) mass is 359 g/mol. The first-order valence-corrected chi connectivity index (χ1v) is 8.52. The first-order chi connectivity index (χ1) is 12.1. The number of likely N-dealkylation sites (N-methyl/N-ethyl adjacent to an activating group) is 1. The lowest BCUT2D eigenvalue weighted by atomic mass is 9.97. The van der Waals surface area contributed by atoms with Crippen molar-refractivity contribution in [2.45, 2.75) is 33.0 Å². The predicted octanol–water partition coefficient (Wildman–Crippen LogP) is 5.98. The van der Waals surface area contributed by atoms with E-state index in [4.69, 9.17) is 0 Å². The Morgan fingerprint density at radius 2 is 1.69 bits per heavy atom. The second kappa shape index (κ2) is 7.97. The molecule has 1 nitrogen and oxygen atoms in total. The standard InChI is InChI=1S/C22H24F3N/c1-21(2,3)15-8-5-9-16-26(4)20(22(23,24)25)19-14-10-12-17-11-6-7-13-18(17)19/h5-7,9-14,20H,16H2,1-4H3/b9-5+/t20-/m1/s1. The minimum Gasteiger partial charge on any atom is -0.288 e. The number of hydrogen-bond donors (Lipinski definition) is 0. The molecular weight excluding hydrogens is 335 g/mol. The topological polar surface area (TPSA) is 3.24 Å². The van der Waals surface area contributed by atoms with Crippen molar-refractivity contribution in [3.05, 3.63) is 60.2 Å². The normalized spacial score (nSPS) is 13.8. The molecule has 0 unspecified atom stereocenters. The fourth-order valence-electron chi connectivity index (χ4n) is 2.79. The molecule has 0 aliphatic heterocycles. The van der Waals surface area contributed by atoms with Crippen molar-refractivity contribution in [2.24, 2.45) is 5.41 Å². The van der Waals surface area contributed by atoms with Gasteiger partial charge in [0.05, 0.1) is 0 Å². The van der Waals surface area contributed by atoms with Crippen LogP contribution in [0.4, 0.5) is 13.2 Å². The molecule has 0 saturated heterocycles. The zero-order chi connectivity index (χ0) is 19.4. The Bertz CT molecular complexity index is 827. The van der Waals surface area contributed by atoms with Gasteiger partial charge < -0.3 is 0 Å². The van der Waals surface area contributed by atoms with E-state index in [2.05, 4.69) is 11.8 Å². The van der Waals surface area contributed by atoms with Gasteiger partial charge in [0.25, 0.3) is 0 Å². The molecule has 138 valence electrons. The van der Waals surface area contributed by atoms with E-state index in [0.29, 0.717) is 5.39 Å². The van der Waals surface area contributed by atoms with E-state index in [1.807, 2.05) is 39.0 Å². The highest BCUT2D eigenvalue weighted by Crippen LogP contribution is 2.39. The van der Waals surface area contributed by atoms with Crippen molar-refractivity contribution in [3.8, 4) is 11.8 Å². The summed E-state index contributed by atoms with van der Waals surface area (Å²) >= 11 is 0. The zero-order valence-corrected chi connectivity index (χ0v) is 15.6. The van der Waals surface area contributed by atoms with Crippen molar-refractivity contribution in [3.63, 3.8) is 0 Å². The highest BCUT2D eigenvalue weighted by atomic mass is 19.4.